The normalized spacial score (nSPS) is 19.5. The van der Waals surface area contributed by atoms with Crippen molar-refractivity contribution in [3.63, 3.8) is 0 Å². The van der Waals surface area contributed by atoms with Gasteiger partial charge < -0.3 is 11.1 Å². The number of nitrogens with one attached hydrogen (secondary N) is 1. The molecule has 1 aliphatic heterocycles. The van der Waals surface area contributed by atoms with Gasteiger partial charge in [0.1, 0.15) is 0 Å². The first-order valence-corrected chi connectivity index (χ1v) is 6.47. The standard InChI is InChI=1S/C14H21N3O.ClH/c1-16-14(18)12-5-3-7-17(10-12)9-11-4-2-6-13(15)8-11;/h2,4,6,8,12H,3,5,7,9-10,15H2,1H3,(H,16,18);1H. The van der Waals surface area contributed by atoms with Crippen LogP contribution in [-0.4, -0.2) is 30.9 Å². The first-order valence-electron chi connectivity index (χ1n) is 6.47. The summed E-state index contributed by atoms with van der Waals surface area (Å²) in [6.45, 7) is 2.77. The lowest BCUT2D eigenvalue weighted by atomic mass is 9.97. The van der Waals surface area contributed by atoms with Gasteiger partial charge in [0.15, 0.2) is 0 Å². The number of amides is 1. The molecular weight excluding hydrogens is 262 g/mol. The Morgan fingerprint density at radius 1 is 1.53 bits per heavy atom. The van der Waals surface area contributed by atoms with Crippen molar-refractivity contribution in [3.8, 4) is 0 Å². The van der Waals surface area contributed by atoms with E-state index in [1.807, 2.05) is 18.2 Å². The Hall–Kier alpha value is -1.26. The number of hydrogen-bond acceptors (Lipinski definition) is 3. The SMILES string of the molecule is CNC(=O)C1CCCN(Cc2cccc(N)c2)C1.Cl. The third kappa shape index (κ3) is 4.40. The lowest BCUT2D eigenvalue weighted by molar-refractivity contribution is -0.126. The van der Waals surface area contributed by atoms with E-state index in [1.54, 1.807) is 7.05 Å². The van der Waals surface area contributed by atoms with Crippen molar-refractivity contribution in [2.75, 3.05) is 25.9 Å². The molecule has 1 aromatic carbocycles. The number of hydrogen-bond donors (Lipinski definition) is 2. The molecule has 0 spiro atoms. The molecule has 4 nitrogen and oxygen atoms in total. The minimum atomic E-state index is 0. The highest BCUT2D eigenvalue weighted by molar-refractivity contribution is 5.85. The van der Waals surface area contributed by atoms with Crippen molar-refractivity contribution >= 4 is 24.0 Å². The highest BCUT2D eigenvalue weighted by Gasteiger charge is 2.24. The fraction of sp³-hybridized carbons (Fsp3) is 0.500. The Bertz CT molecular complexity index is 425. The van der Waals surface area contributed by atoms with E-state index in [1.165, 1.54) is 5.56 Å². The number of likely N-dealkylation sites (tertiary alicyclic amines) is 1. The monoisotopic (exact) mass is 283 g/mol. The van der Waals surface area contributed by atoms with Crippen molar-refractivity contribution in [1.82, 2.24) is 10.2 Å². The van der Waals surface area contributed by atoms with Crippen LogP contribution in [0, 0.1) is 5.92 Å². The second-order valence-corrected chi connectivity index (χ2v) is 4.93. The van der Waals surface area contributed by atoms with Crippen LogP contribution in [0.1, 0.15) is 18.4 Å². The number of halogens is 1. The van der Waals surface area contributed by atoms with Crippen LogP contribution in [0.3, 0.4) is 0 Å². The van der Waals surface area contributed by atoms with Gasteiger partial charge in [-0.05, 0) is 37.1 Å². The van der Waals surface area contributed by atoms with Crippen molar-refractivity contribution in [3.05, 3.63) is 29.8 Å². The Balaban J connectivity index is 0.00000180. The average Bonchev–Trinajstić information content (AvgIpc) is 2.38. The first kappa shape index (κ1) is 15.8. The zero-order valence-electron chi connectivity index (χ0n) is 11.3. The first-order chi connectivity index (χ1) is 8.69. The van der Waals surface area contributed by atoms with Gasteiger partial charge in [-0.1, -0.05) is 12.1 Å². The molecule has 1 saturated heterocycles. The highest BCUT2D eigenvalue weighted by Crippen LogP contribution is 2.19. The number of rotatable bonds is 3. The predicted molar refractivity (Wildman–Crippen MR) is 80.2 cm³/mol. The summed E-state index contributed by atoms with van der Waals surface area (Å²) in [6, 6.07) is 7.96. The molecular formula is C14H22ClN3O. The molecule has 0 saturated carbocycles. The van der Waals surface area contributed by atoms with E-state index < -0.39 is 0 Å². The Morgan fingerprint density at radius 2 is 2.32 bits per heavy atom. The molecule has 2 rings (SSSR count). The van der Waals surface area contributed by atoms with Crippen LogP contribution in [0.15, 0.2) is 24.3 Å². The summed E-state index contributed by atoms with van der Waals surface area (Å²) in [4.78, 5) is 14.0. The topological polar surface area (TPSA) is 58.4 Å². The fourth-order valence-corrected chi connectivity index (χ4v) is 2.57. The molecule has 0 aliphatic carbocycles. The molecule has 0 aromatic heterocycles. The van der Waals surface area contributed by atoms with Crippen molar-refractivity contribution < 1.29 is 4.79 Å². The van der Waals surface area contributed by atoms with Crippen LogP contribution in [0.2, 0.25) is 0 Å². The number of nitrogens with two attached hydrogens (primary N) is 1. The molecule has 1 amide bonds. The number of piperidine rings is 1. The lowest BCUT2D eigenvalue weighted by Gasteiger charge is -2.31. The average molecular weight is 284 g/mol. The molecule has 1 fully saturated rings. The number of nitrogens with zero attached hydrogens (tertiary/aromatic N) is 1. The third-order valence-corrected chi connectivity index (χ3v) is 3.48. The van der Waals surface area contributed by atoms with Gasteiger partial charge in [-0.25, -0.2) is 0 Å². The van der Waals surface area contributed by atoms with E-state index in [2.05, 4.69) is 16.3 Å². The maximum atomic E-state index is 11.7. The molecule has 1 heterocycles. The second kappa shape index (κ2) is 7.36. The zero-order valence-corrected chi connectivity index (χ0v) is 12.1. The van der Waals surface area contributed by atoms with E-state index >= 15 is 0 Å². The van der Waals surface area contributed by atoms with Crippen LogP contribution in [0.4, 0.5) is 5.69 Å². The summed E-state index contributed by atoms with van der Waals surface area (Å²) in [5.41, 5.74) is 7.79. The van der Waals surface area contributed by atoms with E-state index in [0.717, 1.165) is 38.2 Å². The maximum Gasteiger partial charge on any atom is 0.224 e. The van der Waals surface area contributed by atoms with Crippen molar-refractivity contribution in [2.45, 2.75) is 19.4 Å². The van der Waals surface area contributed by atoms with Gasteiger partial charge in [0.05, 0.1) is 5.92 Å². The van der Waals surface area contributed by atoms with E-state index in [4.69, 9.17) is 5.73 Å². The molecule has 3 N–H and O–H groups in total. The summed E-state index contributed by atoms with van der Waals surface area (Å²) >= 11 is 0. The number of benzene rings is 1. The minimum absolute atomic E-state index is 0. The van der Waals surface area contributed by atoms with E-state index in [-0.39, 0.29) is 24.2 Å². The smallest absolute Gasteiger partial charge is 0.224 e. The Labute approximate surface area is 120 Å². The van der Waals surface area contributed by atoms with Gasteiger partial charge in [0.2, 0.25) is 5.91 Å². The second-order valence-electron chi connectivity index (χ2n) is 4.93. The van der Waals surface area contributed by atoms with Gasteiger partial charge in [-0.2, -0.15) is 0 Å². The quantitative estimate of drug-likeness (QED) is 0.830. The minimum Gasteiger partial charge on any atom is -0.399 e. The van der Waals surface area contributed by atoms with Gasteiger partial charge >= 0.3 is 0 Å². The molecule has 106 valence electrons. The van der Waals surface area contributed by atoms with Crippen LogP contribution < -0.4 is 11.1 Å². The molecule has 1 aliphatic rings. The number of carbonyl (C=O) groups is 1. The fourth-order valence-electron chi connectivity index (χ4n) is 2.57. The van der Waals surface area contributed by atoms with Gasteiger partial charge in [-0.3, -0.25) is 9.69 Å². The van der Waals surface area contributed by atoms with Crippen LogP contribution >= 0.6 is 12.4 Å². The zero-order chi connectivity index (χ0) is 13.0. The largest absolute Gasteiger partial charge is 0.399 e. The van der Waals surface area contributed by atoms with Gasteiger partial charge in [0.25, 0.3) is 0 Å². The predicted octanol–water partition coefficient (Wildman–Crippen LogP) is 1.65. The van der Waals surface area contributed by atoms with Gasteiger partial charge in [-0.15, -0.1) is 12.4 Å². The summed E-state index contributed by atoms with van der Waals surface area (Å²) in [5.74, 6) is 0.289. The molecule has 1 atom stereocenters. The maximum absolute atomic E-state index is 11.7. The molecule has 0 bridgehead atoms. The lowest BCUT2D eigenvalue weighted by Crippen LogP contribution is -2.41. The van der Waals surface area contributed by atoms with Crippen LogP contribution in [0.5, 0.6) is 0 Å². The number of anilines is 1. The number of nitrogen functional groups attached to an aromatic ring is 1. The highest BCUT2D eigenvalue weighted by atomic mass is 35.5. The molecule has 1 aromatic rings. The van der Waals surface area contributed by atoms with E-state index in [9.17, 15) is 4.79 Å². The van der Waals surface area contributed by atoms with E-state index in [0.29, 0.717) is 0 Å². The molecule has 1 unspecified atom stereocenters. The molecule has 19 heavy (non-hydrogen) atoms. The Morgan fingerprint density at radius 3 is 3.00 bits per heavy atom. The van der Waals surface area contributed by atoms with Crippen molar-refractivity contribution in [1.29, 1.82) is 0 Å². The van der Waals surface area contributed by atoms with Crippen LogP contribution in [0.25, 0.3) is 0 Å². The molecule has 5 heteroatoms. The van der Waals surface area contributed by atoms with Crippen molar-refractivity contribution in [2.24, 2.45) is 5.92 Å². The third-order valence-electron chi connectivity index (χ3n) is 3.48. The van der Waals surface area contributed by atoms with Crippen LogP contribution in [-0.2, 0) is 11.3 Å². The Kier molecular flexibility index (Phi) is 6.12. The molecule has 0 radical (unpaired) electrons. The van der Waals surface area contributed by atoms with Gasteiger partial charge in [0, 0.05) is 25.8 Å². The number of carbonyl (C=O) groups excluding carboxylic acids is 1. The summed E-state index contributed by atoms with van der Waals surface area (Å²) in [6.07, 6.45) is 2.08. The summed E-state index contributed by atoms with van der Waals surface area (Å²) < 4.78 is 0. The summed E-state index contributed by atoms with van der Waals surface area (Å²) in [5, 5.41) is 2.74. The summed E-state index contributed by atoms with van der Waals surface area (Å²) in [7, 11) is 1.71.